The van der Waals surface area contributed by atoms with E-state index in [-0.39, 0.29) is 31.2 Å². The molecular weight excluding hydrogens is 492 g/mol. The first kappa shape index (κ1) is 23.3. The predicted octanol–water partition coefficient (Wildman–Crippen LogP) is 4.72. The number of carbonyl (C=O) groups excluding carboxylic acids is 4. The number of amides is 2. The Labute approximate surface area is 196 Å². The van der Waals surface area contributed by atoms with Crippen molar-refractivity contribution in [3.8, 4) is 5.75 Å². The van der Waals surface area contributed by atoms with Crippen molar-refractivity contribution < 1.29 is 28.7 Å². The molecule has 0 saturated heterocycles. The van der Waals surface area contributed by atoms with Crippen molar-refractivity contribution in [2.24, 2.45) is 0 Å². The summed E-state index contributed by atoms with van der Waals surface area (Å²) in [7, 11) is 1.49. The lowest BCUT2D eigenvalue weighted by molar-refractivity contribution is -0.146. The van der Waals surface area contributed by atoms with Gasteiger partial charge in [0.15, 0.2) is 12.4 Å². The molecule has 162 valence electrons. The summed E-state index contributed by atoms with van der Waals surface area (Å²) >= 11 is 24.1. The van der Waals surface area contributed by atoms with Gasteiger partial charge in [-0.3, -0.25) is 19.3 Å². The highest BCUT2D eigenvalue weighted by molar-refractivity contribution is 6.55. The lowest BCUT2D eigenvalue weighted by Crippen LogP contribution is -2.44. The van der Waals surface area contributed by atoms with E-state index in [2.05, 4.69) is 0 Å². The monoisotopic (exact) mass is 503 g/mol. The maximum absolute atomic E-state index is 12.8. The number of imide groups is 1. The fourth-order valence-electron chi connectivity index (χ4n) is 2.94. The van der Waals surface area contributed by atoms with Crippen molar-refractivity contribution in [2.75, 3.05) is 13.7 Å². The number of ether oxygens (including phenoxy) is 2. The topological polar surface area (TPSA) is 90.0 Å². The molecule has 0 saturated carbocycles. The number of ketones is 1. The Kier molecular flexibility index (Phi) is 6.81. The van der Waals surface area contributed by atoms with Crippen molar-refractivity contribution >= 4 is 70.0 Å². The average molecular weight is 505 g/mol. The van der Waals surface area contributed by atoms with Crippen LogP contribution in [0.15, 0.2) is 24.3 Å². The number of halogens is 4. The van der Waals surface area contributed by atoms with Crippen LogP contribution in [-0.2, 0) is 9.53 Å². The molecule has 1 unspecified atom stereocenters. The summed E-state index contributed by atoms with van der Waals surface area (Å²) in [6.07, 6.45) is 0. The van der Waals surface area contributed by atoms with E-state index in [1.54, 1.807) is 12.1 Å². The van der Waals surface area contributed by atoms with Gasteiger partial charge in [-0.2, -0.15) is 0 Å². The highest BCUT2D eigenvalue weighted by Gasteiger charge is 2.45. The normalized spacial score (nSPS) is 13.8. The Bertz CT molecular complexity index is 1070. The molecule has 0 N–H and O–H groups in total. The second kappa shape index (κ2) is 9.04. The number of fused-ring (bicyclic) bond motifs is 1. The summed E-state index contributed by atoms with van der Waals surface area (Å²) < 4.78 is 10.0. The SMILES string of the molecule is COc1ccc(C(=O)COC(=O)C(C)N2C(=O)c3c(Cl)c(Cl)c(Cl)c(Cl)c3C2=O)cc1. The third-order valence-corrected chi connectivity index (χ3v) is 6.42. The quantitative estimate of drug-likeness (QED) is 0.186. The van der Waals surface area contributed by atoms with Crippen LogP contribution in [0.3, 0.4) is 0 Å². The largest absolute Gasteiger partial charge is 0.497 e. The minimum Gasteiger partial charge on any atom is -0.497 e. The molecule has 0 bridgehead atoms. The minimum absolute atomic E-state index is 0.185. The third kappa shape index (κ3) is 4.11. The smallest absolute Gasteiger partial charge is 0.329 e. The van der Waals surface area contributed by atoms with E-state index in [4.69, 9.17) is 55.9 Å². The number of carbonyl (C=O) groups is 4. The number of methoxy groups -OCH3 is 1. The van der Waals surface area contributed by atoms with Gasteiger partial charge < -0.3 is 9.47 Å². The molecule has 2 amide bonds. The van der Waals surface area contributed by atoms with E-state index >= 15 is 0 Å². The minimum atomic E-state index is -1.36. The standard InChI is InChI=1S/C20H13Cl4NO6/c1-8(20(29)31-7-11(26)9-3-5-10(30-2)6-4-9)25-18(27)12-13(19(25)28)15(22)17(24)16(23)14(12)21/h3-6,8H,7H2,1-2H3. The van der Waals surface area contributed by atoms with Gasteiger partial charge in [-0.1, -0.05) is 46.4 Å². The van der Waals surface area contributed by atoms with Gasteiger partial charge in [-0.05, 0) is 31.2 Å². The van der Waals surface area contributed by atoms with E-state index in [1.807, 2.05) is 0 Å². The number of rotatable bonds is 6. The Hall–Kier alpha value is -2.32. The first-order chi connectivity index (χ1) is 14.6. The fraction of sp³-hybridized carbons (Fsp3) is 0.200. The molecule has 3 rings (SSSR count). The van der Waals surface area contributed by atoms with Crippen LogP contribution in [0.2, 0.25) is 20.1 Å². The summed E-state index contributed by atoms with van der Waals surface area (Å²) in [4.78, 5) is 50.9. The lowest BCUT2D eigenvalue weighted by Gasteiger charge is -2.20. The Balaban J connectivity index is 1.75. The molecule has 1 heterocycles. The lowest BCUT2D eigenvalue weighted by atomic mass is 10.1. The highest BCUT2D eigenvalue weighted by Crippen LogP contribution is 2.45. The number of Topliss-reactive ketones (excluding diaryl/α,β-unsaturated/α-hetero) is 1. The van der Waals surface area contributed by atoms with Gasteiger partial charge in [-0.15, -0.1) is 0 Å². The molecule has 2 aromatic carbocycles. The number of benzene rings is 2. The van der Waals surface area contributed by atoms with Gasteiger partial charge >= 0.3 is 5.97 Å². The molecule has 0 spiro atoms. The van der Waals surface area contributed by atoms with Gasteiger partial charge in [0.1, 0.15) is 11.8 Å². The van der Waals surface area contributed by atoms with E-state index in [9.17, 15) is 19.2 Å². The molecule has 2 aromatic rings. The van der Waals surface area contributed by atoms with Crippen LogP contribution in [0.25, 0.3) is 0 Å². The van der Waals surface area contributed by atoms with Crippen LogP contribution >= 0.6 is 46.4 Å². The Morgan fingerprint density at radius 2 is 1.39 bits per heavy atom. The predicted molar refractivity (Wildman–Crippen MR) is 115 cm³/mol. The van der Waals surface area contributed by atoms with Crippen LogP contribution in [0, 0.1) is 0 Å². The molecular formula is C20H13Cl4NO6. The average Bonchev–Trinajstić information content (AvgIpc) is 3.03. The van der Waals surface area contributed by atoms with E-state index in [1.165, 1.54) is 26.2 Å². The van der Waals surface area contributed by atoms with E-state index in [0.717, 1.165) is 0 Å². The number of nitrogens with zero attached hydrogens (tertiary/aromatic N) is 1. The summed E-state index contributed by atoms with van der Waals surface area (Å²) in [5.41, 5.74) is -0.204. The fourth-order valence-corrected chi connectivity index (χ4v) is 3.96. The van der Waals surface area contributed by atoms with Crippen LogP contribution in [-0.4, -0.2) is 48.2 Å². The maximum atomic E-state index is 12.8. The van der Waals surface area contributed by atoms with Crippen molar-refractivity contribution in [3.63, 3.8) is 0 Å². The van der Waals surface area contributed by atoms with Crippen molar-refractivity contribution in [1.29, 1.82) is 0 Å². The molecule has 0 aliphatic carbocycles. The molecule has 0 aromatic heterocycles. The highest BCUT2D eigenvalue weighted by atomic mass is 35.5. The van der Waals surface area contributed by atoms with Gasteiger partial charge in [0.2, 0.25) is 0 Å². The molecule has 1 aliphatic rings. The van der Waals surface area contributed by atoms with Crippen molar-refractivity contribution in [2.45, 2.75) is 13.0 Å². The van der Waals surface area contributed by atoms with Crippen LogP contribution in [0.5, 0.6) is 5.75 Å². The van der Waals surface area contributed by atoms with E-state index in [0.29, 0.717) is 16.2 Å². The van der Waals surface area contributed by atoms with Gasteiger partial charge in [0.05, 0.1) is 38.3 Å². The van der Waals surface area contributed by atoms with Crippen molar-refractivity contribution in [1.82, 2.24) is 4.90 Å². The summed E-state index contributed by atoms with van der Waals surface area (Å²) in [5, 5.41) is -0.866. The van der Waals surface area contributed by atoms with E-state index < -0.39 is 36.2 Å². The number of hydrogen-bond donors (Lipinski definition) is 0. The third-order valence-electron chi connectivity index (χ3n) is 4.62. The molecule has 7 nitrogen and oxygen atoms in total. The molecule has 11 heteroatoms. The summed E-state index contributed by atoms with van der Waals surface area (Å²) in [6.45, 7) is 0.685. The Morgan fingerprint density at radius 3 is 1.84 bits per heavy atom. The van der Waals surface area contributed by atoms with Crippen LogP contribution < -0.4 is 4.74 Å². The number of hydrogen-bond acceptors (Lipinski definition) is 6. The number of esters is 1. The Morgan fingerprint density at radius 1 is 0.903 bits per heavy atom. The van der Waals surface area contributed by atoms with Gasteiger partial charge in [-0.25, -0.2) is 4.79 Å². The maximum Gasteiger partial charge on any atom is 0.329 e. The zero-order valence-corrected chi connectivity index (χ0v) is 19.0. The van der Waals surface area contributed by atoms with Gasteiger partial charge in [0, 0.05) is 5.56 Å². The zero-order chi connectivity index (χ0) is 23.0. The molecule has 31 heavy (non-hydrogen) atoms. The second-order valence-electron chi connectivity index (χ2n) is 6.42. The first-order valence-corrected chi connectivity index (χ1v) is 10.2. The molecule has 1 atom stereocenters. The summed E-state index contributed by atoms with van der Waals surface area (Å²) in [6, 6.07) is 4.83. The molecule has 0 fully saturated rings. The van der Waals surface area contributed by atoms with Crippen LogP contribution in [0.1, 0.15) is 38.0 Å². The van der Waals surface area contributed by atoms with Crippen molar-refractivity contribution in [3.05, 3.63) is 61.0 Å². The van der Waals surface area contributed by atoms with Gasteiger partial charge in [0.25, 0.3) is 11.8 Å². The molecule has 1 aliphatic heterocycles. The first-order valence-electron chi connectivity index (χ1n) is 8.67. The summed E-state index contributed by atoms with van der Waals surface area (Å²) in [5.74, 6) is -2.64. The molecule has 0 radical (unpaired) electrons. The van der Waals surface area contributed by atoms with Crippen LogP contribution in [0.4, 0.5) is 0 Å². The second-order valence-corrected chi connectivity index (χ2v) is 7.93. The zero-order valence-electron chi connectivity index (χ0n) is 16.0.